The van der Waals surface area contributed by atoms with Gasteiger partial charge in [0.15, 0.2) is 0 Å². The molecule has 0 heterocycles. The van der Waals surface area contributed by atoms with Crippen LogP contribution in [-0.4, -0.2) is 47.6 Å². The van der Waals surface area contributed by atoms with Crippen LogP contribution in [0.1, 0.15) is 58.4 Å². The van der Waals surface area contributed by atoms with Gasteiger partial charge in [-0.25, -0.2) is 13.6 Å². The number of aliphatic hydroxyl groups excluding tert-OH is 2. The van der Waals surface area contributed by atoms with Crippen molar-refractivity contribution in [1.29, 1.82) is 0 Å². The third kappa shape index (κ3) is 5.35. The van der Waals surface area contributed by atoms with Gasteiger partial charge >= 0.3 is 6.09 Å². The van der Waals surface area contributed by atoms with E-state index in [1.54, 1.807) is 6.92 Å². The van der Waals surface area contributed by atoms with Gasteiger partial charge in [-0.05, 0) is 67.6 Å². The Morgan fingerprint density at radius 3 is 2.41 bits per heavy atom. The molecule has 2 saturated carbocycles. The van der Waals surface area contributed by atoms with E-state index in [2.05, 4.69) is 10.6 Å². The van der Waals surface area contributed by atoms with Crippen LogP contribution in [0.15, 0.2) is 18.2 Å². The van der Waals surface area contributed by atoms with Gasteiger partial charge in [-0.2, -0.15) is 0 Å². The van der Waals surface area contributed by atoms with E-state index in [1.165, 1.54) is 12.1 Å². The molecule has 2 fully saturated rings. The van der Waals surface area contributed by atoms with E-state index in [0.717, 1.165) is 6.07 Å². The van der Waals surface area contributed by atoms with E-state index in [0.29, 0.717) is 37.8 Å². The summed E-state index contributed by atoms with van der Waals surface area (Å²) in [4.78, 5) is 24.9. The Morgan fingerprint density at radius 1 is 1.12 bits per heavy atom. The predicted molar refractivity (Wildman–Crippen MR) is 122 cm³/mol. The summed E-state index contributed by atoms with van der Waals surface area (Å²) in [5.41, 5.74) is -0.861. The van der Waals surface area contributed by atoms with Crippen molar-refractivity contribution < 1.29 is 33.3 Å². The largest absolute Gasteiger partial charge is 0.446 e. The molecule has 6 unspecified atom stereocenters. The minimum Gasteiger partial charge on any atom is -0.446 e. The number of benzene rings is 1. The smallest absolute Gasteiger partial charge is 0.407 e. The third-order valence-electron chi connectivity index (χ3n) is 8.06. The van der Waals surface area contributed by atoms with Crippen molar-refractivity contribution in [2.24, 2.45) is 22.7 Å². The Kier molecular flexibility index (Phi) is 8.18. The number of rotatable bonds is 7. The zero-order valence-electron chi connectivity index (χ0n) is 20.1. The molecule has 2 aliphatic rings. The molecule has 0 radical (unpaired) electrons. The number of fused-ring (bicyclic) bond motifs is 1. The molecule has 0 bridgehead atoms. The predicted octanol–water partition coefficient (Wildman–Crippen LogP) is 3.27. The summed E-state index contributed by atoms with van der Waals surface area (Å²) >= 11 is 0. The molecule has 1 aromatic rings. The first-order valence-corrected chi connectivity index (χ1v) is 12.0. The van der Waals surface area contributed by atoms with Crippen LogP contribution in [0, 0.1) is 34.3 Å². The first-order chi connectivity index (χ1) is 16.0. The number of aliphatic hydroxyl groups is 2. The lowest BCUT2D eigenvalue weighted by molar-refractivity contribution is -0.185. The van der Waals surface area contributed by atoms with E-state index in [1.807, 2.05) is 13.8 Å². The van der Waals surface area contributed by atoms with Gasteiger partial charge in [0.05, 0.1) is 12.7 Å². The Bertz CT molecular complexity index is 880. The van der Waals surface area contributed by atoms with Gasteiger partial charge in [0.2, 0.25) is 5.91 Å². The molecule has 6 atom stereocenters. The maximum Gasteiger partial charge on any atom is 0.407 e. The van der Waals surface area contributed by atoms with Gasteiger partial charge in [-0.3, -0.25) is 4.79 Å². The van der Waals surface area contributed by atoms with Crippen molar-refractivity contribution in [3.05, 3.63) is 35.4 Å². The molecule has 1 aromatic carbocycles. The van der Waals surface area contributed by atoms with Gasteiger partial charge in [0.1, 0.15) is 17.7 Å². The lowest BCUT2D eigenvalue weighted by Crippen LogP contribution is -2.61. The molecular formula is C25H36F2N2O5. The highest BCUT2D eigenvalue weighted by molar-refractivity contribution is 5.76. The lowest BCUT2D eigenvalue weighted by Gasteiger charge is -2.60. The number of hydrogen-bond donors (Lipinski definition) is 4. The first-order valence-electron chi connectivity index (χ1n) is 12.0. The minimum atomic E-state index is -0.716. The summed E-state index contributed by atoms with van der Waals surface area (Å²) in [6.45, 7) is 5.98. The number of carbonyl (C=O) groups is 2. The summed E-state index contributed by atoms with van der Waals surface area (Å²) in [7, 11) is 0. The zero-order chi connectivity index (χ0) is 25.1. The lowest BCUT2D eigenvalue weighted by atomic mass is 9.46. The second-order valence-corrected chi connectivity index (χ2v) is 10.2. The third-order valence-corrected chi connectivity index (χ3v) is 8.06. The minimum absolute atomic E-state index is 0.0206. The average molecular weight is 483 g/mol. The standard InChI is InChI=1S/C25H36F2N2O5/c1-4-28-23(33)34-21-7-8-24(2)18(19(31)5-6-20(24)25(21,3)14-30)12-22(32)29-13-15-9-16(26)11-17(27)10-15/h9-11,18-21,30-31H,4-8,12-14H2,1-3H3,(H,28,33)(H,29,32). The summed E-state index contributed by atoms with van der Waals surface area (Å²) in [6.07, 6.45) is 0.612. The molecule has 0 aliphatic heterocycles. The summed E-state index contributed by atoms with van der Waals surface area (Å²) in [5, 5.41) is 26.6. The van der Waals surface area contributed by atoms with E-state index < -0.39 is 40.8 Å². The maximum absolute atomic E-state index is 13.4. The summed E-state index contributed by atoms with van der Waals surface area (Å²) < 4.78 is 32.5. The fourth-order valence-corrected chi connectivity index (χ4v) is 6.28. The molecule has 2 amide bonds. The Morgan fingerprint density at radius 2 is 1.79 bits per heavy atom. The molecule has 0 saturated heterocycles. The molecule has 0 spiro atoms. The van der Waals surface area contributed by atoms with Crippen LogP contribution in [-0.2, 0) is 16.1 Å². The second kappa shape index (κ2) is 10.6. The normalized spacial score (nSPS) is 33.0. The van der Waals surface area contributed by atoms with E-state index in [4.69, 9.17) is 4.74 Å². The highest BCUT2D eigenvalue weighted by Gasteiger charge is 2.60. The second-order valence-electron chi connectivity index (χ2n) is 10.2. The fraction of sp³-hybridized carbons (Fsp3) is 0.680. The Balaban J connectivity index is 1.73. The number of nitrogens with one attached hydrogen (secondary N) is 2. The molecule has 0 aromatic heterocycles. The number of alkyl carbamates (subject to hydrolysis) is 1. The van der Waals surface area contributed by atoms with E-state index in [9.17, 15) is 28.6 Å². The van der Waals surface area contributed by atoms with Gasteiger partial charge < -0.3 is 25.6 Å². The molecule has 34 heavy (non-hydrogen) atoms. The molecule has 9 heteroatoms. The first kappa shape index (κ1) is 26.3. The highest BCUT2D eigenvalue weighted by atomic mass is 19.1. The van der Waals surface area contributed by atoms with Crippen molar-refractivity contribution in [1.82, 2.24) is 10.6 Å². The van der Waals surface area contributed by atoms with Crippen LogP contribution in [0.25, 0.3) is 0 Å². The van der Waals surface area contributed by atoms with Crippen molar-refractivity contribution in [2.75, 3.05) is 13.2 Å². The fourth-order valence-electron chi connectivity index (χ4n) is 6.28. The number of ether oxygens (including phenoxy) is 1. The Labute approximate surface area is 199 Å². The summed E-state index contributed by atoms with van der Waals surface area (Å²) in [5.74, 6) is -2.18. The monoisotopic (exact) mass is 482 g/mol. The number of hydrogen-bond acceptors (Lipinski definition) is 5. The van der Waals surface area contributed by atoms with Crippen LogP contribution >= 0.6 is 0 Å². The van der Waals surface area contributed by atoms with Crippen molar-refractivity contribution >= 4 is 12.0 Å². The summed E-state index contributed by atoms with van der Waals surface area (Å²) in [6, 6.07) is 3.10. The topological polar surface area (TPSA) is 108 Å². The van der Waals surface area contributed by atoms with Crippen LogP contribution in [0.4, 0.5) is 13.6 Å². The average Bonchev–Trinajstić information content (AvgIpc) is 2.76. The van der Waals surface area contributed by atoms with Crippen molar-refractivity contribution in [2.45, 2.75) is 71.6 Å². The quantitative estimate of drug-likeness (QED) is 0.477. The van der Waals surface area contributed by atoms with Crippen molar-refractivity contribution in [3.8, 4) is 0 Å². The van der Waals surface area contributed by atoms with E-state index >= 15 is 0 Å². The van der Waals surface area contributed by atoms with Gasteiger partial charge in [-0.1, -0.05) is 13.8 Å². The molecular weight excluding hydrogens is 446 g/mol. The SMILES string of the molecule is CCNC(=O)OC1CCC2(C)C(CC(=O)NCc3cc(F)cc(F)c3)C(O)CCC2C1(C)CO. The molecule has 7 nitrogen and oxygen atoms in total. The van der Waals surface area contributed by atoms with Gasteiger partial charge in [-0.15, -0.1) is 0 Å². The number of halogens is 2. The zero-order valence-corrected chi connectivity index (χ0v) is 20.1. The number of amides is 2. The highest BCUT2D eigenvalue weighted by Crippen LogP contribution is 2.61. The van der Waals surface area contributed by atoms with Crippen LogP contribution in [0.2, 0.25) is 0 Å². The van der Waals surface area contributed by atoms with Crippen molar-refractivity contribution in [3.63, 3.8) is 0 Å². The molecule has 2 aliphatic carbocycles. The van der Waals surface area contributed by atoms with E-state index in [-0.39, 0.29) is 37.3 Å². The van der Waals surface area contributed by atoms with Crippen LogP contribution in [0.3, 0.4) is 0 Å². The van der Waals surface area contributed by atoms with Gasteiger partial charge in [0.25, 0.3) is 0 Å². The number of carbonyl (C=O) groups excluding carboxylic acids is 2. The van der Waals surface area contributed by atoms with Crippen LogP contribution in [0.5, 0.6) is 0 Å². The molecule has 4 N–H and O–H groups in total. The molecule has 190 valence electrons. The van der Waals surface area contributed by atoms with Crippen LogP contribution < -0.4 is 10.6 Å². The van der Waals surface area contributed by atoms with Gasteiger partial charge in [0, 0.05) is 31.0 Å². The molecule has 3 rings (SSSR count). The Hall–Kier alpha value is -2.26. The maximum atomic E-state index is 13.4.